The smallest absolute Gasteiger partial charge is 0.269 e. The lowest BCUT2D eigenvalue weighted by Crippen LogP contribution is -2.49. The zero-order valence-electron chi connectivity index (χ0n) is 16.2. The van der Waals surface area contributed by atoms with Crippen LogP contribution in [0.3, 0.4) is 0 Å². The number of carbonyl (C=O) groups excluding carboxylic acids is 1. The summed E-state index contributed by atoms with van der Waals surface area (Å²) in [4.78, 5) is 13.8. The maximum absolute atomic E-state index is 15.3. The van der Waals surface area contributed by atoms with E-state index in [2.05, 4.69) is 0 Å². The van der Waals surface area contributed by atoms with Gasteiger partial charge in [-0.3, -0.25) is 4.79 Å². The zero-order chi connectivity index (χ0) is 21.6. The molecule has 0 bridgehead atoms. The number of carbonyl (C=O) groups is 1. The fraction of sp³-hybridized carbons (Fsp3) is 0.409. The molecular formula is C22H20ClF4NO2. The molecule has 0 unspecified atom stereocenters. The Hall–Kier alpha value is -2.12. The van der Waals surface area contributed by atoms with Crippen LogP contribution in [0.5, 0.6) is 0 Å². The lowest BCUT2D eigenvalue weighted by Gasteiger charge is -2.33. The number of alkyl halides is 2. The fourth-order valence-electron chi connectivity index (χ4n) is 4.03. The van der Waals surface area contributed by atoms with Gasteiger partial charge in [-0.05, 0) is 29.7 Å². The van der Waals surface area contributed by atoms with Gasteiger partial charge in [-0.1, -0.05) is 42.8 Å². The highest BCUT2D eigenvalue weighted by Crippen LogP contribution is 2.41. The highest BCUT2D eigenvalue weighted by molar-refractivity contribution is 6.31. The summed E-state index contributed by atoms with van der Waals surface area (Å²) in [6.45, 7) is 1.10. The van der Waals surface area contributed by atoms with Crippen LogP contribution in [0.2, 0.25) is 5.02 Å². The lowest BCUT2D eigenvalue weighted by molar-refractivity contribution is -0.158. The molecule has 0 radical (unpaired) electrons. The van der Waals surface area contributed by atoms with Crippen molar-refractivity contribution >= 4 is 17.5 Å². The number of hydrogen-bond donors (Lipinski definition) is 0. The third kappa shape index (κ3) is 3.69. The Kier molecular flexibility index (Phi) is 5.53. The molecule has 8 heteroatoms. The summed E-state index contributed by atoms with van der Waals surface area (Å²) >= 11 is 5.81. The fourth-order valence-corrected chi connectivity index (χ4v) is 4.21. The van der Waals surface area contributed by atoms with Gasteiger partial charge < -0.3 is 9.64 Å². The van der Waals surface area contributed by atoms with Gasteiger partial charge in [0.05, 0.1) is 18.2 Å². The van der Waals surface area contributed by atoms with Crippen molar-refractivity contribution in [2.45, 2.75) is 37.8 Å². The maximum atomic E-state index is 15.3. The summed E-state index contributed by atoms with van der Waals surface area (Å²) in [5, 5.41) is -0.140. The zero-order valence-corrected chi connectivity index (χ0v) is 16.9. The summed E-state index contributed by atoms with van der Waals surface area (Å²) in [6, 6.07) is 7.62. The minimum atomic E-state index is -3.07. The first-order valence-electron chi connectivity index (χ1n) is 9.72. The Morgan fingerprint density at radius 2 is 2.00 bits per heavy atom. The largest absolute Gasteiger partial charge is 0.368 e. The molecule has 0 aliphatic carbocycles. The minimum Gasteiger partial charge on any atom is -0.368 e. The molecular weight excluding hydrogens is 422 g/mol. The van der Waals surface area contributed by atoms with Crippen molar-refractivity contribution in [3.63, 3.8) is 0 Å². The SMILES string of the molecule is C[C@@H]1[C@H](Cc2cccc(-c3ccc(F)c(Cl)c3)c2F)N(C(=O)[C@H]2CCO2)CC1(F)F. The molecule has 0 saturated carbocycles. The van der Waals surface area contributed by atoms with Crippen LogP contribution >= 0.6 is 11.6 Å². The van der Waals surface area contributed by atoms with E-state index in [0.29, 0.717) is 18.6 Å². The Labute approximate surface area is 176 Å². The van der Waals surface area contributed by atoms with Crippen molar-refractivity contribution in [2.75, 3.05) is 13.2 Å². The van der Waals surface area contributed by atoms with Crippen LogP contribution in [0, 0.1) is 17.6 Å². The van der Waals surface area contributed by atoms with E-state index in [1.165, 1.54) is 31.2 Å². The van der Waals surface area contributed by atoms with E-state index in [9.17, 15) is 18.0 Å². The van der Waals surface area contributed by atoms with Crippen molar-refractivity contribution in [1.29, 1.82) is 0 Å². The number of halogens is 5. The van der Waals surface area contributed by atoms with E-state index < -0.39 is 48.1 Å². The minimum absolute atomic E-state index is 0.0657. The first-order valence-corrected chi connectivity index (χ1v) is 10.1. The Morgan fingerprint density at radius 1 is 1.27 bits per heavy atom. The number of ether oxygens (including phenoxy) is 1. The molecule has 2 aromatic carbocycles. The van der Waals surface area contributed by atoms with Crippen LogP contribution in [0.25, 0.3) is 11.1 Å². The predicted octanol–water partition coefficient (Wildman–Crippen LogP) is 5.10. The predicted molar refractivity (Wildman–Crippen MR) is 104 cm³/mol. The van der Waals surface area contributed by atoms with Gasteiger partial charge in [0.1, 0.15) is 17.7 Å². The van der Waals surface area contributed by atoms with Crippen LogP contribution in [-0.2, 0) is 16.0 Å². The second-order valence-electron chi connectivity index (χ2n) is 7.84. The van der Waals surface area contributed by atoms with E-state index in [1.807, 2.05) is 0 Å². The molecule has 4 rings (SSSR count). The monoisotopic (exact) mass is 441 g/mol. The third-order valence-corrected chi connectivity index (χ3v) is 6.31. The van der Waals surface area contributed by atoms with Gasteiger partial charge in [-0.25, -0.2) is 17.6 Å². The van der Waals surface area contributed by atoms with E-state index in [-0.39, 0.29) is 22.6 Å². The summed E-state index contributed by atoms with van der Waals surface area (Å²) < 4.78 is 62.8. The normalized spacial score (nSPS) is 25.3. The molecule has 2 aliphatic heterocycles. The summed E-state index contributed by atoms with van der Waals surface area (Å²) in [5.41, 5.74) is 0.767. The van der Waals surface area contributed by atoms with Gasteiger partial charge in [0.15, 0.2) is 0 Å². The third-order valence-electron chi connectivity index (χ3n) is 6.02. The summed E-state index contributed by atoms with van der Waals surface area (Å²) in [6.07, 6.45) is -0.271. The van der Waals surface area contributed by atoms with Crippen molar-refractivity contribution in [3.05, 3.63) is 58.6 Å². The van der Waals surface area contributed by atoms with Crippen molar-refractivity contribution in [1.82, 2.24) is 4.90 Å². The first kappa shape index (κ1) is 21.1. The first-order chi connectivity index (χ1) is 14.2. The Balaban J connectivity index is 1.65. The van der Waals surface area contributed by atoms with Crippen molar-refractivity contribution < 1.29 is 27.1 Å². The molecule has 2 aliphatic rings. The molecule has 0 aromatic heterocycles. The van der Waals surface area contributed by atoms with E-state index in [0.717, 1.165) is 11.0 Å². The highest BCUT2D eigenvalue weighted by atomic mass is 35.5. The standard InChI is InChI=1S/C22H20ClF4NO2/c1-12-18(28(11-22(12,26)27)21(29)19-7-8-30-19)10-14-3-2-4-15(20(14)25)13-5-6-17(24)16(23)9-13/h2-6,9,12,18-19H,7-8,10-11H2,1H3/t12-,18+,19-/m1/s1. The van der Waals surface area contributed by atoms with Crippen LogP contribution in [0.4, 0.5) is 17.6 Å². The maximum Gasteiger partial charge on any atom is 0.269 e. The Morgan fingerprint density at radius 3 is 2.63 bits per heavy atom. The number of nitrogens with zero attached hydrogens (tertiary/aromatic N) is 1. The van der Waals surface area contributed by atoms with Crippen LogP contribution in [0.1, 0.15) is 18.9 Å². The Bertz CT molecular complexity index is 980. The average molecular weight is 442 g/mol. The number of likely N-dealkylation sites (tertiary alicyclic amines) is 1. The number of benzene rings is 2. The molecule has 0 spiro atoms. The average Bonchev–Trinajstić information content (AvgIpc) is 2.88. The van der Waals surface area contributed by atoms with E-state index in [1.54, 1.807) is 6.07 Å². The number of rotatable bonds is 4. The quantitative estimate of drug-likeness (QED) is 0.618. The summed E-state index contributed by atoms with van der Waals surface area (Å²) in [7, 11) is 0. The molecule has 2 heterocycles. The van der Waals surface area contributed by atoms with E-state index >= 15 is 4.39 Å². The van der Waals surface area contributed by atoms with Crippen LogP contribution < -0.4 is 0 Å². The van der Waals surface area contributed by atoms with Gasteiger partial charge in [-0.15, -0.1) is 0 Å². The molecule has 2 aromatic rings. The van der Waals surface area contributed by atoms with Gasteiger partial charge in [0, 0.05) is 23.9 Å². The molecule has 2 saturated heterocycles. The summed E-state index contributed by atoms with van der Waals surface area (Å²) in [5.74, 6) is -5.90. The van der Waals surface area contributed by atoms with Crippen molar-refractivity contribution in [2.24, 2.45) is 5.92 Å². The van der Waals surface area contributed by atoms with Gasteiger partial charge in [0.25, 0.3) is 11.8 Å². The van der Waals surface area contributed by atoms with Gasteiger partial charge in [0.2, 0.25) is 0 Å². The van der Waals surface area contributed by atoms with E-state index in [4.69, 9.17) is 16.3 Å². The molecule has 1 amide bonds. The highest BCUT2D eigenvalue weighted by Gasteiger charge is 2.54. The van der Waals surface area contributed by atoms with Crippen LogP contribution in [-0.4, -0.2) is 42.0 Å². The van der Waals surface area contributed by atoms with Crippen molar-refractivity contribution in [3.8, 4) is 11.1 Å². The molecule has 0 N–H and O–H groups in total. The lowest BCUT2D eigenvalue weighted by atomic mass is 9.91. The molecule has 3 atom stereocenters. The topological polar surface area (TPSA) is 29.5 Å². The second-order valence-corrected chi connectivity index (χ2v) is 8.25. The molecule has 30 heavy (non-hydrogen) atoms. The number of hydrogen-bond acceptors (Lipinski definition) is 2. The molecule has 160 valence electrons. The number of amides is 1. The molecule has 2 fully saturated rings. The molecule has 3 nitrogen and oxygen atoms in total. The van der Waals surface area contributed by atoms with Gasteiger partial charge >= 0.3 is 0 Å². The van der Waals surface area contributed by atoms with Gasteiger partial charge in [-0.2, -0.15) is 0 Å². The van der Waals surface area contributed by atoms with Crippen LogP contribution in [0.15, 0.2) is 36.4 Å². The second kappa shape index (κ2) is 7.85.